The highest BCUT2D eigenvalue weighted by atomic mass is 35.5. The number of hydrogen-bond donors (Lipinski definition) is 2. The Labute approximate surface area is 209 Å². The Hall–Kier alpha value is -1.97. The maximum Gasteiger partial charge on any atom is 0.119 e. The highest BCUT2D eigenvalue weighted by Crippen LogP contribution is 2.40. The number of ether oxygens (including phenoxy) is 1. The van der Waals surface area contributed by atoms with Crippen LogP contribution in [0.5, 0.6) is 5.75 Å². The molecule has 1 atom stereocenters. The van der Waals surface area contributed by atoms with E-state index in [2.05, 4.69) is 19.9 Å². The monoisotopic (exact) mass is 502 g/mol. The van der Waals surface area contributed by atoms with Crippen LogP contribution in [0.1, 0.15) is 37.4 Å². The molecule has 0 aliphatic carbocycles. The molecule has 3 aromatic rings. The van der Waals surface area contributed by atoms with E-state index in [9.17, 15) is 10.2 Å². The van der Waals surface area contributed by atoms with Crippen LogP contribution in [-0.2, 0) is 0 Å². The second-order valence-corrected chi connectivity index (χ2v) is 10.4. The van der Waals surface area contributed by atoms with Crippen molar-refractivity contribution in [3.05, 3.63) is 53.6 Å². The van der Waals surface area contributed by atoms with Gasteiger partial charge in [-0.3, -0.25) is 9.97 Å². The first kappa shape index (κ1) is 25.1. The third-order valence-electron chi connectivity index (χ3n) is 6.80. The summed E-state index contributed by atoms with van der Waals surface area (Å²) in [5, 5.41) is 23.6. The molecule has 0 bridgehead atoms. The molecule has 34 heavy (non-hydrogen) atoms. The fourth-order valence-electron chi connectivity index (χ4n) is 4.60. The number of piperidine rings is 1. The number of aliphatic hydroxyl groups is 2. The highest BCUT2D eigenvalue weighted by molar-refractivity contribution is 7.99. The molecule has 1 saturated heterocycles. The number of benzene rings is 1. The number of halogens is 1. The van der Waals surface area contributed by atoms with Crippen molar-refractivity contribution in [1.82, 2.24) is 19.9 Å². The Morgan fingerprint density at radius 2 is 2.03 bits per heavy atom. The van der Waals surface area contributed by atoms with Crippen molar-refractivity contribution >= 4 is 34.3 Å². The molecule has 0 amide bonds. The van der Waals surface area contributed by atoms with E-state index in [1.54, 1.807) is 43.7 Å². The molecule has 2 aromatic heterocycles. The SMILES string of the molecule is COc1ccc2ncc(Cl)c([C@@H](O)CCC3(CO)CCN(CCSc4cnccn4)CC3)c2c1. The van der Waals surface area contributed by atoms with Gasteiger partial charge in [-0.05, 0) is 62.4 Å². The lowest BCUT2D eigenvalue weighted by atomic mass is 9.74. The van der Waals surface area contributed by atoms with E-state index < -0.39 is 6.10 Å². The maximum absolute atomic E-state index is 11.1. The van der Waals surface area contributed by atoms with E-state index in [-0.39, 0.29) is 12.0 Å². The van der Waals surface area contributed by atoms with Crippen LogP contribution in [0.3, 0.4) is 0 Å². The summed E-state index contributed by atoms with van der Waals surface area (Å²) >= 11 is 8.18. The van der Waals surface area contributed by atoms with Crippen molar-refractivity contribution in [2.75, 3.05) is 39.1 Å². The maximum atomic E-state index is 11.1. The molecule has 182 valence electrons. The van der Waals surface area contributed by atoms with Crippen molar-refractivity contribution < 1.29 is 14.9 Å². The summed E-state index contributed by atoms with van der Waals surface area (Å²) in [6, 6.07) is 5.58. The van der Waals surface area contributed by atoms with E-state index in [4.69, 9.17) is 16.3 Å². The Kier molecular flexibility index (Phi) is 8.60. The van der Waals surface area contributed by atoms with E-state index in [1.165, 1.54) is 0 Å². The minimum atomic E-state index is -0.741. The predicted octanol–water partition coefficient (Wildman–Crippen LogP) is 4.37. The number of thioether (sulfide) groups is 1. The lowest BCUT2D eigenvalue weighted by Crippen LogP contribution is -2.43. The van der Waals surface area contributed by atoms with Crippen LogP contribution in [0.15, 0.2) is 48.0 Å². The van der Waals surface area contributed by atoms with Gasteiger partial charge in [-0.15, -0.1) is 11.8 Å². The second-order valence-electron chi connectivity index (χ2n) is 8.85. The summed E-state index contributed by atoms with van der Waals surface area (Å²) in [5.41, 5.74) is 1.27. The summed E-state index contributed by atoms with van der Waals surface area (Å²) in [4.78, 5) is 15.2. The number of hydrogen-bond acceptors (Lipinski definition) is 8. The number of aliphatic hydroxyl groups excluding tert-OH is 2. The quantitative estimate of drug-likeness (QED) is 0.395. The lowest BCUT2D eigenvalue weighted by molar-refractivity contribution is 0.0254. The van der Waals surface area contributed by atoms with Gasteiger partial charge in [-0.2, -0.15) is 0 Å². The summed E-state index contributed by atoms with van der Waals surface area (Å²) in [6.07, 6.45) is 9.11. The van der Waals surface area contributed by atoms with Crippen LogP contribution in [-0.4, -0.2) is 69.2 Å². The van der Waals surface area contributed by atoms with Crippen LogP contribution >= 0.6 is 23.4 Å². The zero-order valence-corrected chi connectivity index (χ0v) is 20.9. The molecule has 0 unspecified atom stereocenters. The molecule has 0 spiro atoms. The van der Waals surface area contributed by atoms with Crippen LogP contribution in [0.25, 0.3) is 10.9 Å². The van der Waals surface area contributed by atoms with Gasteiger partial charge in [0.1, 0.15) is 10.8 Å². The van der Waals surface area contributed by atoms with E-state index >= 15 is 0 Å². The fraction of sp³-hybridized carbons (Fsp3) is 0.480. The number of methoxy groups -OCH3 is 1. The molecular formula is C25H31ClN4O3S. The summed E-state index contributed by atoms with van der Waals surface area (Å²) in [5.74, 6) is 1.65. The lowest BCUT2D eigenvalue weighted by Gasteiger charge is -2.41. The fourth-order valence-corrected chi connectivity index (χ4v) is 5.70. The van der Waals surface area contributed by atoms with E-state index in [1.807, 2.05) is 18.2 Å². The molecule has 0 radical (unpaired) electrons. The average Bonchev–Trinajstić information content (AvgIpc) is 2.88. The molecule has 0 saturated carbocycles. The predicted molar refractivity (Wildman–Crippen MR) is 135 cm³/mol. The molecule has 4 rings (SSSR count). The van der Waals surface area contributed by atoms with Gasteiger partial charge in [0, 0.05) is 48.4 Å². The molecule has 9 heteroatoms. The molecule has 1 fully saturated rings. The Balaban J connectivity index is 1.34. The van der Waals surface area contributed by atoms with Gasteiger partial charge in [0.25, 0.3) is 0 Å². The average molecular weight is 503 g/mol. The largest absolute Gasteiger partial charge is 0.497 e. The Bertz CT molecular complexity index is 1080. The van der Waals surface area contributed by atoms with Gasteiger partial charge >= 0.3 is 0 Å². The molecule has 1 aromatic carbocycles. The van der Waals surface area contributed by atoms with Crippen LogP contribution < -0.4 is 4.74 Å². The molecule has 3 heterocycles. The van der Waals surface area contributed by atoms with Gasteiger partial charge in [-0.25, -0.2) is 4.98 Å². The van der Waals surface area contributed by atoms with E-state index in [0.717, 1.165) is 60.6 Å². The van der Waals surface area contributed by atoms with E-state index in [0.29, 0.717) is 22.8 Å². The minimum absolute atomic E-state index is 0.126. The van der Waals surface area contributed by atoms with Crippen molar-refractivity contribution in [3.8, 4) is 5.75 Å². The number of pyridine rings is 1. The first-order chi connectivity index (χ1) is 16.5. The van der Waals surface area contributed by atoms with Crippen molar-refractivity contribution in [3.63, 3.8) is 0 Å². The highest BCUT2D eigenvalue weighted by Gasteiger charge is 2.34. The first-order valence-electron chi connectivity index (χ1n) is 11.6. The minimum Gasteiger partial charge on any atom is -0.497 e. The van der Waals surface area contributed by atoms with Crippen molar-refractivity contribution in [2.24, 2.45) is 5.41 Å². The number of rotatable bonds is 10. The number of fused-ring (bicyclic) bond motifs is 1. The molecule has 1 aliphatic heterocycles. The molecule has 7 nitrogen and oxygen atoms in total. The molecule has 1 aliphatic rings. The van der Waals surface area contributed by atoms with Crippen molar-refractivity contribution in [2.45, 2.75) is 36.8 Å². The van der Waals surface area contributed by atoms with Gasteiger partial charge in [0.15, 0.2) is 0 Å². The third kappa shape index (κ3) is 5.98. The topological polar surface area (TPSA) is 91.6 Å². The summed E-state index contributed by atoms with van der Waals surface area (Å²) in [6.45, 7) is 2.98. The van der Waals surface area contributed by atoms with Gasteiger partial charge in [-0.1, -0.05) is 11.6 Å². The molecular weight excluding hydrogens is 472 g/mol. The van der Waals surface area contributed by atoms with Crippen LogP contribution in [0, 0.1) is 5.41 Å². The first-order valence-corrected chi connectivity index (χ1v) is 12.9. The van der Waals surface area contributed by atoms with Gasteiger partial charge in [0.05, 0.1) is 29.9 Å². The zero-order valence-electron chi connectivity index (χ0n) is 19.4. The molecule has 2 N–H and O–H groups in total. The van der Waals surface area contributed by atoms with Crippen molar-refractivity contribution in [1.29, 1.82) is 0 Å². The standard InChI is InChI=1S/C25H31ClN4O3S/c1-33-18-2-3-21-19(14-18)24(20(26)15-29-21)22(32)4-5-25(17-31)6-10-30(11-7-25)12-13-34-23-16-27-8-9-28-23/h2-3,8-9,14-16,22,31-32H,4-7,10-13,17H2,1H3/t22-/m0/s1. The smallest absolute Gasteiger partial charge is 0.119 e. The summed E-state index contributed by atoms with van der Waals surface area (Å²) < 4.78 is 5.35. The Morgan fingerprint density at radius 3 is 2.74 bits per heavy atom. The number of likely N-dealkylation sites (tertiary alicyclic amines) is 1. The van der Waals surface area contributed by atoms with Gasteiger partial charge in [0.2, 0.25) is 0 Å². The number of nitrogens with zero attached hydrogens (tertiary/aromatic N) is 4. The second kappa shape index (κ2) is 11.6. The zero-order chi connectivity index (χ0) is 24.0. The van der Waals surface area contributed by atoms with Crippen LogP contribution in [0.2, 0.25) is 5.02 Å². The Morgan fingerprint density at radius 1 is 1.21 bits per heavy atom. The number of aromatic nitrogens is 3. The normalized spacial score (nSPS) is 17.1. The van der Waals surface area contributed by atoms with Gasteiger partial charge < -0.3 is 19.8 Å². The van der Waals surface area contributed by atoms with Crippen LogP contribution in [0.4, 0.5) is 0 Å². The third-order valence-corrected chi connectivity index (χ3v) is 7.99. The summed E-state index contributed by atoms with van der Waals surface area (Å²) in [7, 11) is 1.61.